The molecule has 6 heteroatoms. The van der Waals surface area contributed by atoms with Crippen molar-refractivity contribution in [3.8, 4) is 5.75 Å². The Labute approximate surface area is 122 Å². The summed E-state index contributed by atoms with van der Waals surface area (Å²) < 4.78 is 5.16. The van der Waals surface area contributed by atoms with E-state index in [1.165, 1.54) is 11.3 Å². The molecule has 1 heterocycles. The van der Waals surface area contributed by atoms with Gasteiger partial charge in [0.15, 0.2) is 5.13 Å². The highest BCUT2D eigenvalue weighted by Gasteiger charge is 2.02. The summed E-state index contributed by atoms with van der Waals surface area (Å²) in [4.78, 5) is 15.7. The molecule has 2 aromatic rings. The monoisotopic (exact) mass is 291 g/mol. The van der Waals surface area contributed by atoms with Gasteiger partial charge in [0.1, 0.15) is 5.75 Å². The molecule has 0 saturated carbocycles. The fourth-order valence-corrected chi connectivity index (χ4v) is 2.23. The molecule has 1 aromatic heterocycles. The summed E-state index contributed by atoms with van der Waals surface area (Å²) in [5.74, 6) is 0.794. The number of rotatable bonds is 7. The average Bonchev–Trinajstić information content (AvgIpc) is 2.99. The molecule has 0 spiro atoms. The number of carbonyl (C=O) groups is 1. The number of hydrogen-bond donors (Lipinski definition) is 2. The number of nitrogens with one attached hydrogen (secondary N) is 2. The van der Waals surface area contributed by atoms with E-state index in [1.54, 1.807) is 13.3 Å². The number of nitrogens with zero attached hydrogens (tertiary/aromatic N) is 1. The molecule has 0 bridgehead atoms. The van der Waals surface area contributed by atoms with Gasteiger partial charge in [-0.25, -0.2) is 4.98 Å². The predicted octanol–water partition coefficient (Wildman–Crippen LogP) is 1.92. The van der Waals surface area contributed by atoms with E-state index < -0.39 is 0 Å². The lowest BCUT2D eigenvalue weighted by atomic mass is 10.1. The van der Waals surface area contributed by atoms with E-state index >= 15 is 0 Å². The van der Waals surface area contributed by atoms with E-state index in [9.17, 15) is 4.79 Å². The van der Waals surface area contributed by atoms with Crippen LogP contribution < -0.4 is 15.4 Å². The van der Waals surface area contributed by atoms with Crippen molar-refractivity contribution in [1.82, 2.24) is 10.3 Å². The number of carbonyl (C=O) groups excluding carboxylic acids is 1. The second-order valence-corrected chi connectivity index (χ2v) is 5.04. The zero-order valence-electron chi connectivity index (χ0n) is 11.3. The van der Waals surface area contributed by atoms with Crippen LogP contribution in [0.5, 0.6) is 5.75 Å². The van der Waals surface area contributed by atoms with Gasteiger partial charge in [-0.1, -0.05) is 12.1 Å². The first kappa shape index (κ1) is 14.3. The number of ether oxygens (including phenoxy) is 1. The molecule has 0 unspecified atom stereocenters. The smallest absolute Gasteiger partial charge is 0.239 e. The van der Waals surface area contributed by atoms with Crippen LogP contribution in [0.2, 0.25) is 0 Å². The molecule has 2 N–H and O–H groups in total. The summed E-state index contributed by atoms with van der Waals surface area (Å²) in [5, 5.41) is 8.45. The summed E-state index contributed by atoms with van der Waals surface area (Å²) in [5.41, 5.74) is 1.14. The largest absolute Gasteiger partial charge is 0.497 e. The van der Waals surface area contributed by atoms with Crippen molar-refractivity contribution < 1.29 is 9.53 Å². The van der Waals surface area contributed by atoms with Crippen LogP contribution in [0.25, 0.3) is 0 Å². The van der Waals surface area contributed by atoms with Crippen molar-refractivity contribution in [2.24, 2.45) is 0 Å². The Hall–Kier alpha value is -2.08. The molecule has 2 rings (SSSR count). The van der Waals surface area contributed by atoms with Crippen molar-refractivity contribution in [3.63, 3.8) is 0 Å². The minimum Gasteiger partial charge on any atom is -0.497 e. The summed E-state index contributed by atoms with van der Waals surface area (Å²) in [6, 6.07) is 7.84. The third-order valence-electron chi connectivity index (χ3n) is 2.70. The molecule has 0 fully saturated rings. The quantitative estimate of drug-likeness (QED) is 0.818. The van der Waals surface area contributed by atoms with Crippen LogP contribution in [0.4, 0.5) is 5.13 Å². The van der Waals surface area contributed by atoms with Crippen molar-refractivity contribution in [1.29, 1.82) is 0 Å². The maximum atomic E-state index is 11.6. The fourth-order valence-electron chi connectivity index (χ4n) is 1.70. The van der Waals surface area contributed by atoms with Gasteiger partial charge in [-0.05, 0) is 24.1 Å². The maximum Gasteiger partial charge on any atom is 0.239 e. The molecule has 1 aromatic carbocycles. The van der Waals surface area contributed by atoms with E-state index in [0.29, 0.717) is 6.54 Å². The predicted molar refractivity (Wildman–Crippen MR) is 80.3 cm³/mol. The van der Waals surface area contributed by atoms with Crippen LogP contribution in [0.15, 0.2) is 35.8 Å². The summed E-state index contributed by atoms with van der Waals surface area (Å²) in [6.45, 7) is 0.844. The first-order valence-electron chi connectivity index (χ1n) is 6.31. The van der Waals surface area contributed by atoms with Crippen LogP contribution in [-0.2, 0) is 11.2 Å². The number of thiazole rings is 1. The van der Waals surface area contributed by atoms with Crippen LogP contribution in [0.3, 0.4) is 0 Å². The Morgan fingerprint density at radius 2 is 2.35 bits per heavy atom. The van der Waals surface area contributed by atoms with Crippen molar-refractivity contribution >= 4 is 22.4 Å². The van der Waals surface area contributed by atoms with E-state index in [4.69, 9.17) is 4.74 Å². The van der Waals surface area contributed by atoms with E-state index in [1.807, 2.05) is 29.6 Å². The molecule has 5 nitrogen and oxygen atoms in total. The average molecular weight is 291 g/mol. The van der Waals surface area contributed by atoms with Gasteiger partial charge < -0.3 is 15.4 Å². The molecule has 0 atom stereocenters. The Morgan fingerprint density at radius 1 is 1.45 bits per heavy atom. The molecular formula is C14H17N3O2S. The third kappa shape index (κ3) is 4.55. The molecule has 106 valence electrons. The highest BCUT2D eigenvalue weighted by molar-refractivity contribution is 7.13. The van der Waals surface area contributed by atoms with Gasteiger partial charge >= 0.3 is 0 Å². The number of benzene rings is 1. The maximum absolute atomic E-state index is 11.6. The zero-order valence-corrected chi connectivity index (χ0v) is 12.1. The summed E-state index contributed by atoms with van der Waals surface area (Å²) in [6.07, 6.45) is 2.48. The number of aromatic nitrogens is 1. The van der Waals surface area contributed by atoms with Crippen molar-refractivity contribution in [2.75, 3.05) is 25.5 Å². The molecule has 0 aliphatic rings. The number of hydrogen-bond acceptors (Lipinski definition) is 5. The number of amides is 1. The summed E-state index contributed by atoms with van der Waals surface area (Å²) in [7, 11) is 1.64. The highest BCUT2D eigenvalue weighted by Crippen LogP contribution is 2.12. The first-order chi connectivity index (χ1) is 9.78. The summed E-state index contributed by atoms with van der Waals surface area (Å²) >= 11 is 1.47. The second kappa shape index (κ2) is 7.49. The Balaban J connectivity index is 1.68. The number of anilines is 1. The molecule has 0 aliphatic carbocycles. The van der Waals surface area contributed by atoms with Gasteiger partial charge in [-0.15, -0.1) is 11.3 Å². The minimum atomic E-state index is -0.0388. The molecule has 0 aliphatic heterocycles. The Morgan fingerprint density at radius 3 is 3.10 bits per heavy atom. The topological polar surface area (TPSA) is 63.2 Å². The Bertz CT molecular complexity index is 543. The molecule has 1 amide bonds. The van der Waals surface area contributed by atoms with Gasteiger partial charge in [0.2, 0.25) is 5.91 Å². The van der Waals surface area contributed by atoms with Crippen LogP contribution >= 0.6 is 11.3 Å². The van der Waals surface area contributed by atoms with Gasteiger partial charge in [-0.2, -0.15) is 0 Å². The van der Waals surface area contributed by atoms with Crippen molar-refractivity contribution in [3.05, 3.63) is 41.4 Å². The lowest BCUT2D eigenvalue weighted by molar-refractivity contribution is -0.119. The van der Waals surface area contributed by atoms with Crippen LogP contribution in [0.1, 0.15) is 5.56 Å². The SMILES string of the molecule is COc1cccc(CCNC(=O)CNc2nccs2)c1. The van der Waals surface area contributed by atoms with Crippen molar-refractivity contribution in [2.45, 2.75) is 6.42 Å². The highest BCUT2D eigenvalue weighted by atomic mass is 32.1. The third-order valence-corrected chi connectivity index (χ3v) is 3.43. The second-order valence-electron chi connectivity index (χ2n) is 4.14. The Kier molecular flexibility index (Phi) is 5.37. The lowest BCUT2D eigenvalue weighted by Gasteiger charge is -2.07. The van der Waals surface area contributed by atoms with E-state index in [-0.39, 0.29) is 12.5 Å². The first-order valence-corrected chi connectivity index (χ1v) is 7.19. The van der Waals surface area contributed by atoms with Gasteiger partial charge in [-0.3, -0.25) is 4.79 Å². The molecule has 0 radical (unpaired) electrons. The minimum absolute atomic E-state index is 0.0388. The standard InChI is InChI=1S/C14H17N3O2S/c1-19-12-4-2-3-11(9-12)5-6-15-13(18)10-17-14-16-7-8-20-14/h2-4,7-9H,5-6,10H2,1H3,(H,15,18)(H,16,17). The molecule has 20 heavy (non-hydrogen) atoms. The van der Waals surface area contributed by atoms with Gasteiger partial charge in [0.05, 0.1) is 13.7 Å². The fraction of sp³-hybridized carbons (Fsp3) is 0.286. The van der Waals surface area contributed by atoms with E-state index in [0.717, 1.165) is 22.9 Å². The lowest BCUT2D eigenvalue weighted by Crippen LogP contribution is -2.31. The van der Waals surface area contributed by atoms with E-state index in [2.05, 4.69) is 15.6 Å². The zero-order chi connectivity index (χ0) is 14.2. The van der Waals surface area contributed by atoms with Crippen LogP contribution in [-0.4, -0.2) is 31.1 Å². The van der Waals surface area contributed by atoms with Crippen LogP contribution in [0, 0.1) is 0 Å². The molecular weight excluding hydrogens is 274 g/mol. The van der Waals surface area contributed by atoms with Gasteiger partial charge in [0.25, 0.3) is 0 Å². The van der Waals surface area contributed by atoms with Gasteiger partial charge in [0, 0.05) is 18.1 Å². The normalized spacial score (nSPS) is 10.1. The molecule has 0 saturated heterocycles. The number of methoxy groups -OCH3 is 1.